The molecule has 1 aromatic rings. The van der Waals surface area contributed by atoms with Gasteiger partial charge in [-0.1, -0.05) is 13.0 Å². The molecule has 6 heteroatoms. The minimum Gasteiger partial charge on any atom is -0.481 e. The lowest BCUT2D eigenvalue weighted by molar-refractivity contribution is -0.137. The summed E-state index contributed by atoms with van der Waals surface area (Å²) in [6, 6.07) is 5.30. The quantitative estimate of drug-likeness (QED) is 0.777. The van der Waals surface area contributed by atoms with Crippen LogP contribution in [0.1, 0.15) is 18.9 Å². The summed E-state index contributed by atoms with van der Waals surface area (Å²) in [5.41, 5.74) is 1.72. The molecule has 19 heavy (non-hydrogen) atoms. The normalized spacial score (nSPS) is 11.7. The summed E-state index contributed by atoms with van der Waals surface area (Å²) in [5, 5.41) is 14.0. The van der Waals surface area contributed by atoms with Crippen molar-refractivity contribution in [3.63, 3.8) is 0 Å². The summed E-state index contributed by atoms with van der Waals surface area (Å²) in [6.45, 7) is 4.03. The van der Waals surface area contributed by atoms with Crippen LogP contribution in [0.15, 0.2) is 22.7 Å². The molecule has 1 aromatic carbocycles. The number of carboxylic acids is 1. The number of nitrogens with one attached hydrogen (secondary N) is 2. The molecule has 0 spiro atoms. The molecule has 0 aliphatic carbocycles. The van der Waals surface area contributed by atoms with E-state index >= 15 is 0 Å². The second kappa shape index (κ2) is 7.13. The summed E-state index contributed by atoms with van der Waals surface area (Å²) in [6.07, 6.45) is 0.0361. The molecule has 1 atom stereocenters. The minimum absolute atomic E-state index is 0.0361. The van der Waals surface area contributed by atoms with Gasteiger partial charge in [0.15, 0.2) is 0 Å². The van der Waals surface area contributed by atoms with Crippen molar-refractivity contribution in [1.29, 1.82) is 0 Å². The highest BCUT2D eigenvalue weighted by molar-refractivity contribution is 9.10. The van der Waals surface area contributed by atoms with E-state index in [0.717, 1.165) is 10.0 Å². The number of carboxylic acid groups (broad SMARTS) is 1. The predicted octanol–water partition coefficient (Wildman–Crippen LogP) is 2.99. The molecule has 2 amide bonds. The number of carbonyl (C=O) groups excluding carboxylic acids is 1. The first-order chi connectivity index (χ1) is 8.88. The van der Waals surface area contributed by atoms with Gasteiger partial charge in [-0.15, -0.1) is 0 Å². The van der Waals surface area contributed by atoms with Crippen LogP contribution in [-0.2, 0) is 4.79 Å². The molecule has 104 valence electrons. The number of anilines is 1. The van der Waals surface area contributed by atoms with E-state index in [2.05, 4.69) is 26.6 Å². The number of aryl methyl sites for hydroxylation is 1. The summed E-state index contributed by atoms with van der Waals surface area (Å²) in [4.78, 5) is 22.2. The Kier molecular flexibility index (Phi) is 5.82. The minimum atomic E-state index is -0.865. The first-order valence-electron chi connectivity index (χ1n) is 5.91. The van der Waals surface area contributed by atoms with Crippen molar-refractivity contribution in [2.24, 2.45) is 5.92 Å². The third kappa shape index (κ3) is 5.74. The zero-order valence-electron chi connectivity index (χ0n) is 10.9. The van der Waals surface area contributed by atoms with Gasteiger partial charge in [-0.25, -0.2) is 4.79 Å². The maximum absolute atomic E-state index is 11.7. The Hall–Kier alpha value is -1.56. The van der Waals surface area contributed by atoms with Crippen LogP contribution in [0.5, 0.6) is 0 Å². The maximum atomic E-state index is 11.7. The van der Waals surface area contributed by atoms with Gasteiger partial charge in [0.1, 0.15) is 0 Å². The first kappa shape index (κ1) is 15.5. The second-order valence-electron chi connectivity index (χ2n) is 4.52. The van der Waals surface area contributed by atoms with Crippen molar-refractivity contribution >= 4 is 33.6 Å². The summed E-state index contributed by atoms with van der Waals surface area (Å²) in [5.74, 6) is -0.972. The van der Waals surface area contributed by atoms with Gasteiger partial charge < -0.3 is 15.7 Å². The van der Waals surface area contributed by atoms with Gasteiger partial charge in [-0.3, -0.25) is 4.79 Å². The molecule has 0 bridgehead atoms. The second-order valence-corrected chi connectivity index (χ2v) is 5.38. The van der Waals surface area contributed by atoms with E-state index in [1.165, 1.54) is 0 Å². The van der Waals surface area contributed by atoms with Crippen molar-refractivity contribution in [2.75, 3.05) is 11.9 Å². The molecule has 0 radical (unpaired) electrons. The molecular weight excluding hydrogens is 312 g/mol. The van der Waals surface area contributed by atoms with Crippen molar-refractivity contribution in [1.82, 2.24) is 5.32 Å². The third-order valence-corrected chi connectivity index (χ3v) is 3.20. The van der Waals surface area contributed by atoms with E-state index in [1.807, 2.05) is 25.1 Å². The first-order valence-corrected chi connectivity index (χ1v) is 6.70. The van der Waals surface area contributed by atoms with Gasteiger partial charge in [-0.05, 0) is 46.5 Å². The fraction of sp³-hybridized carbons (Fsp3) is 0.385. The van der Waals surface area contributed by atoms with Gasteiger partial charge in [0, 0.05) is 17.4 Å². The van der Waals surface area contributed by atoms with Crippen molar-refractivity contribution < 1.29 is 14.7 Å². The lowest BCUT2D eigenvalue weighted by Crippen LogP contribution is -2.33. The highest BCUT2D eigenvalue weighted by Crippen LogP contribution is 2.23. The summed E-state index contributed by atoms with van der Waals surface area (Å²) < 4.78 is 0.798. The van der Waals surface area contributed by atoms with Gasteiger partial charge in [0.05, 0.1) is 5.69 Å². The summed E-state index contributed by atoms with van der Waals surface area (Å²) in [7, 11) is 0. The molecule has 0 aliphatic rings. The molecule has 0 aromatic heterocycles. The Morgan fingerprint density at radius 1 is 1.42 bits per heavy atom. The Balaban J connectivity index is 2.47. The van der Waals surface area contributed by atoms with Crippen LogP contribution in [-0.4, -0.2) is 23.7 Å². The number of aliphatic carboxylic acids is 1. The number of rotatable bonds is 5. The number of amides is 2. The highest BCUT2D eigenvalue weighted by atomic mass is 79.9. The van der Waals surface area contributed by atoms with Crippen LogP contribution < -0.4 is 10.6 Å². The van der Waals surface area contributed by atoms with E-state index < -0.39 is 5.97 Å². The number of halogens is 1. The largest absolute Gasteiger partial charge is 0.481 e. The Labute approximate surface area is 120 Å². The lowest BCUT2D eigenvalue weighted by Gasteiger charge is -2.12. The molecule has 0 heterocycles. The van der Waals surface area contributed by atoms with Gasteiger partial charge >= 0.3 is 12.0 Å². The number of benzene rings is 1. The lowest BCUT2D eigenvalue weighted by atomic mass is 10.1. The Morgan fingerprint density at radius 3 is 2.74 bits per heavy atom. The van der Waals surface area contributed by atoms with Crippen LogP contribution in [0.2, 0.25) is 0 Å². The van der Waals surface area contributed by atoms with E-state index in [9.17, 15) is 9.59 Å². The smallest absolute Gasteiger partial charge is 0.319 e. The average Bonchev–Trinajstić information content (AvgIpc) is 2.30. The van der Waals surface area contributed by atoms with Gasteiger partial charge in [0.25, 0.3) is 0 Å². The molecule has 0 saturated heterocycles. The van der Waals surface area contributed by atoms with E-state index in [1.54, 1.807) is 6.92 Å². The van der Waals surface area contributed by atoms with Crippen molar-refractivity contribution in [2.45, 2.75) is 20.3 Å². The van der Waals surface area contributed by atoms with Gasteiger partial charge in [-0.2, -0.15) is 0 Å². The summed E-state index contributed by atoms with van der Waals surface area (Å²) >= 11 is 3.35. The topological polar surface area (TPSA) is 78.4 Å². The van der Waals surface area contributed by atoms with Crippen molar-refractivity contribution in [3.05, 3.63) is 28.2 Å². The number of urea groups is 1. The molecule has 0 aliphatic heterocycles. The fourth-order valence-electron chi connectivity index (χ4n) is 1.54. The third-order valence-electron chi connectivity index (χ3n) is 2.50. The molecule has 5 nitrogen and oxygen atoms in total. The van der Waals surface area contributed by atoms with E-state index in [0.29, 0.717) is 12.2 Å². The van der Waals surface area contributed by atoms with E-state index in [4.69, 9.17) is 5.11 Å². The monoisotopic (exact) mass is 328 g/mol. The van der Waals surface area contributed by atoms with Gasteiger partial charge in [0.2, 0.25) is 0 Å². The van der Waals surface area contributed by atoms with E-state index in [-0.39, 0.29) is 18.4 Å². The van der Waals surface area contributed by atoms with Crippen LogP contribution in [0.3, 0.4) is 0 Å². The molecule has 0 fully saturated rings. The number of carbonyl (C=O) groups is 2. The molecule has 1 unspecified atom stereocenters. The Bertz CT molecular complexity index is 477. The Morgan fingerprint density at radius 2 is 2.11 bits per heavy atom. The highest BCUT2D eigenvalue weighted by Gasteiger charge is 2.10. The SMILES string of the molecule is Cc1ccc(Br)c(NC(=O)NCC(C)CC(=O)O)c1. The number of hydrogen-bond acceptors (Lipinski definition) is 2. The standard InChI is InChI=1S/C13H17BrN2O3/c1-8-3-4-10(14)11(5-8)16-13(19)15-7-9(2)6-12(17)18/h3-5,9H,6-7H2,1-2H3,(H,17,18)(H2,15,16,19). The van der Waals surface area contributed by atoms with Crippen LogP contribution in [0.25, 0.3) is 0 Å². The van der Waals surface area contributed by atoms with Crippen LogP contribution >= 0.6 is 15.9 Å². The molecule has 0 saturated carbocycles. The zero-order valence-corrected chi connectivity index (χ0v) is 12.5. The molecular formula is C13H17BrN2O3. The molecule has 3 N–H and O–H groups in total. The average molecular weight is 329 g/mol. The zero-order chi connectivity index (χ0) is 14.4. The van der Waals surface area contributed by atoms with Crippen LogP contribution in [0.4, 0.5) is 10.5 Å². The predicted molar refractivity (Wildman–Crippen MR) is 77.3 cm³/mol. The van der Waals surface area contributed by atoms with Crippen LogP contribution in [0, 0.1) is 12.8 Å². The molecule has 1 rings (SSSR count). The van der Waals surface area contributed by atoms with Crippen molar-refractivity contribution in [3.8, 4) is 0 Å². The maximum Gasteiger partial charge on any atom is 0.319 e. The number of hydrogen-bond donors (Lipinski definition) is 3. The fourth-order valence-corrected chi connectivity index (χ4v) is 1.88.